The maximum Gasteiger partial charge on any atom is 0.119 e. The van der Waals surface area contributed by atoms with Crippen molar-refractivity contribution in [3.63, 3.8) is 0 Å². The van der Waals surface area contributed by atoms with Crippen molar-refractivity contribution in [3.8, 4) is 0 Å². The Bertz CT molecular complexity index is 124. The molecule has 0 aliphatic heterocycles. The van der Waals surface area contributed by atoms with Crippen LogP contribution >= 0.6 is 0 Å². The third-order valence-electron chi connectivity index (χ3n) is 2.68. The molecule has 0 saturated heterocycles. The molecular formula is C13H26ORh4. The number of unbranched alkanes of at least 4 members (excludes halogenated alkanes) is 10. The zero-order chi connectivity index (χ0) is 10.5. The molecule has 0 aliphatic rings. The van der Waals surface area contributed by atoms with Crippen LogP contribution in [0.5, 0.6) is 0 Å². The van der Waals surface area contributed by atoms with Crippen LogP contribution in [0, 0.1) is 0 Å². The molecule has 4 radical (unpaired) electrons. The summed E-state index contributed by atoms with van der Waals surface area (Å²) in [6, 6.07) is 0. The molecule has 0 saturated carbocycles. The second-order valence-electron chi connectivity index (χ2n) is 4.14. The molecule has 0 rings (SSSR count). The number of rotatable bonds is 11. The second kappa shape index (κ2) is 31.5. The smallest absolute Gasteiger partial charge is 0.119 e. The van der Waals surface area contributed by atoms with Gasteiger partial charge in [-0.1, -0.05) is 64.7 Å². The van der Waals surface area contributed by atoms with Gasteiger partial charge in [0.15, 0.2) is 0 Å². The van der Waals surface area contributed by atoms with E-state index in [4.69, 9.17) is 0 Å². The van der Waals surface area contributed by atoms with E-state index in [1.165, 1.54) is 57.8 Å². The van der Waals surface area contributed by atoms with Gasteiger partial charge in [0.05, 0.1) is 0 Å². The fourth-order valence-corrected chi connectivity index (χ4v) is 1.72. The van der Waals surface area contributed by atoms with Gasteiger partial charge in [0.25, 0.3) is 0 Å². The molecular weight excluding hydrogens is 584 g/mol. The quantitative estimate of drug-likeness (QED) is 0.192. The molecule has 0 bridgehead atoms. The van der Waals surface area contributed by atoms with Crippen molar-refractivity contribution < 1.29 is 82.7 Å². The Morgan fingerprint density at radius 3 is 1.28 bits per heavy atom. The average molecular weight is 610 g/mol. The predicted octanol–water partition coefficient (Wildman–Crippen LogP) is 4.49. The molecule has 0 fully saturated rings. The minimum atomic E-state index is 0. The normalized spacial score (nSPS) is 8.06. The van der Waals surface area contributed by atoms with Crippen molar-refractivity contribution >= 4 is 6.29 Å². The van der Waals surface area contributed by atoms with Crippen LogP contribution in [-0.2, 0) is 82.7 Å². The molecule has 0 aromatic rings. The summed E-state index contributed by atoms with van der Waals surface area (Å²) in [5, 5.41) is 0. The summed E-state index contributed by atoms with van der Waals surface area (Å²) >= 11 is 0. The molecule has 120 valence electrons. The van der Waals surface area contributed by atoms with Gasteiger partial charge < -0.3 is 4.79 Å². The summed E-state index contributed by atoms with van der Waals surface area (Å²) in [4.78, 5) is 10.0. The summed E-state index contributed by atoms with van der Waals surface area (Å²) < 4.78 is 0. The Labute approximate surface area is 165 Å². The van der Waals surface area contributed by atoms with Crippen molar-refractivity contribution in [3.05, 3.63) is 0 Å². The van der Waals surface area contributed by atoms with E-state index >= 15 is 0 Å². The Balaban J connectivity index is -0.000000141. The third kappa shape index (κ3) is 30.9. The van der Waals surface area contributed by atoms with Gasteiger partial charge >= 0.3 is 0 Å². The average Bonchev–Trinajstić information content (AvgIpc) is 2.21. The molecule has 5 heteroatoms. The van der Waals surface area contributed by atoms with E-state index in [2.05, 4.69) is 6.92 Å². The van der Waals surface area contributed by atoms with E-state index in [-0.39, 0.29) is 77.9 Å². The Hall–Kier alpha value is 2.16. The molecule has 0 N–H and O–H groups in total. The first-order valence-electron chi connectivity index (χ1n) is 6.35. The van der Waals surface area contributed by atoms with Crippen LogP contribution in [0.15, 0.2) is 0 Å². The molecule has 0 aromatic carbocycles. The SMILES string of the molecule is CCCCCCCCCCCCC=O.[Rh].[Rh].[Rh].[Rh]. The topological polar surface area (TPSA) is 17.1 Å². The third-order valence-corrected chi connectivity index (χ3v) is 2.68. The van der Waals surface area contributed by atoms with E-state index in [0.29, 0.717) is 0 Å². The number of carbonyl (C=O) groups excluding carboxylic acids is 1. The standard InChI is InChI=1S/C13H26O.4Rh/c1-2-3-4-5-6-7-8-9-10-11-12-13-14;;;;/h13H,2-12H2,1H3;;;;. The molecule has 0 amide bonds. The molecule has 0 heterocycles. The van der Waals surface area contributed by atoms with E-state index in [1.54, 1.807) is 0 Å². The number of carbonyl (C=O) groups is 1. The van der Waals surface area contributed by atoms with Gasteiger partial charge in [0.1, 0.15) is 6.29 Å². The van der Waals surface area contributed by atoms with Crippen LogP contribution in [0.1, 0.15) is 77.6 Å². The number of aldehydes is 1. The summed E-state index contributed by atoms with van der Waals surface area (Å²) in [6.45, 7) is 2.26. The minimum Gasteiger partial charge on any atom is -0.303 e. The fourth-order valence-electron chi connectivity index (χ4n) is 1.72. The molecule has 0 aliphatic carbocycles. The molecule has 18 heavy (non-hydrogen) atoms. The maximum atomic E-state index is 10.0. The van der Waals surface area contributed by atoms with Crippen molar-refractivity contribution in [2.45, 2.75) is 77.6 Å². The monoisotopic (exact) mass is 610 g/mol. The Morgan fingerprint density at radius 2 is 0.944 bits per heavy atom. The van der Waals surface area contributed by atoms with Crippen molar-refractivity contribution in [2.24, 2.45) is 0 Å². The predicted molar refractivity (Wildman–Crippen MR) is 62.5 cm³/mol. The minimum absolute atomic E-state index is 0. The van der Waals surface area contributed by atoms with E-state index in [9.17, 15) is 4.79 Å². The first-order valence-corrected chi connectivity index (χ1v) is 6.35. The molecule has 1 nitrogen and oxygen atoms in total. The second-order valence-corrected chi connectivity index (χ2v) is 4.14. The summed E-state index contributed by atoms with van der Waals surface area (Å²) in [5.41, 5.74) is 0. The van der Waals surface area contributed by atoms with Gasteiger partial charge in [-0.25, -0.2) is 0 Å². The van der Waals surface area contributed by atoms with Crippen LogP contribution in [0.2, 0.25) is 0 Å². The van der Waals surface area contributed by atoms with Gasteiger partial charge in [0, 0.05) is 84.3 Å². The zero-order valence-corrected chi connectivity index (χ0v) is 17.7. The van der Waals surface area contributed by atoms with E-state index in [0.717, 1.165) is 19.1 Å². The van der Waals surface area contributed by atoms with Crippen molar-refractivity contribution in [2.75, 3.05) is 0 Å². The Morgan fingerprint density at radius 1 is 0.611 bits per heavy atom. The van der Waals surface area contributed by atoms with Crippen LogP contribution in [-0.4, -0.2) is 6.29 Å². The fraction of sp³-hybridized carbons (Fsp3) is 0.923. The molecule has 0 aromatic heterocycles. The van der Waals surface area contributed by atoms with Gasteiger partial charge in [-0.3, -0.25) is 0 Å². The largest absolute Gasteiger partial charge is 0.303 e. The van der Waals surface area contributed by atoms with Gasteiger partial charge in [0.2, 0.25) is 0 Å². The van der Waals surface area contributed by atoms with Gasteiger partial charge in [-0.05, 0) is 6.42 Å². The molecule has 0 spiro atoms. The number of hydrogen-bond acceptors (Lipinski definition) is 1. The van der Waals surface area contributed by atoms with Crippen LogP contribution < -0.4 is 0 Å². The van der Waals surface area contributed by atoms with Gasteiger partial charge in [-0.15, -0.1) is 0 Å². The van der Waals surface area contributed by atoms with Crippen LogP contribution in [0.4, 0.5) is 0 Å². The summed E-state index contributed by atoms with van der Waals surface area (Å²) in [5.74, 6) is 0. The van der Waals surface area contributed by atoms with Crippen molar-refractivity contribution in [1.29, 1.82) is 0 Å². The van der Waals surface area contributed by atoms with E-state index < -0.39 is 0 Å². The first kappa shape index (κ1) is 32.2. The zero-order valence-electron chi connectivity index (χ0n) is 11.1. The van der Waals surface area contributed by atoms with Gasteiger partial charge in [-0.2, -0.15) is 0 Å². The molecule has 0 unspecified atom stereocenters. The van der Waals surface area contributed by atoms with Crippen LogP contribution in [0.3, 0.4) is 0 Å². The Kier molecular flexibility index (Phi) is 56.4. The van der Waals surface area contributed by atoms with Crippen molar-refractivity contribution in [1.82, 2.24) is 0 Å². The summed E-state index contributed by atoms with van der Waals surface area (Å²) in [6.07, 6.45) is 15.2. The summed E-state index contributed by atoms with van der Waals surface area (Å²) in [7, 11) is 0. The maximum absolute atomic E-state index is 10.0. The van der Waals surface area contributed by atoms with E-state index in [1.807, 2.05) is 0 Å². The molecule has 0 atom stereocenters. The van der Waals surface area contributed by atoms with Crippen LogP contribution in [0.25, 0.3) is 0 Å². The number of hydrogen-bond donors (Lipinski definition) is 0. The first-order chi connectivity index (χ1) is 6.91.